The first-order valence-corrected chi connectivity index (χ1v) is 5.26. The highest BCUT2D eigenvalue weighted by atomic mass is 32.1. The van der Waals surface area contributed by atoms with E-state index >= 15 is 0 Å². The van der Waals surface area contributed by atoms with Crippen molar-refractivity contribution >= 4 is 34.5 Å². The zero-order valence-corrected chi connectivity index (χ0v) is 9.53. The molecule has 0 radical (unpaired) electrons. The number of hydrogen-bond donors (Lipinski definition) is 0. The van der Waals surface area contributed by atoms with Crippen LogP contribution in [0.5, 0.6) is 5.75 Å². The number of esters is 1. The highest BCUT2D eigenvalue weighted by Crippen LogP contribution is 2.25. The largest absolute Gasteiger partial charge is 0.424 e. The Morgan fingerprint density at radius 2 is 2.44 bits per heavy atom. The molecule has 0 amide bonds. The Balaban J connectivity index is 2.58. The second kappa shape index (κ2) is 4.40. The number of hydrogen-bond acceptors (Lipinski definition) is 4. The Morgan fingerprint density at radius 1 is 1.62 bits per heavy atom. The first-order chi connectivity index (χ1) is 7.72. The van der Waals surface area contributed by atoms with Crippen LogP contribution in [0.15, 0.2) is 24.4 Å². The van der Waals surface area contributed by atoms with Gasteiger partial charge in [-0.05, 0) is 6.07 Å². The van der Waals surface area contributed by atoms with Gasteiger partial charge in [0.15, 0.2) is 5.75 Å². The maximum Gasteiger partial charge on any atom is 0.308 e. The van der Waals surface area contributed by atoms with Gasteiger partial charge in [-0.25, -0.2) is 0 Å². The van der Waals surface area contributed by atoms with Crippen molar-refractivity contribution in [2.45, 2.75) is 13.5 Å². The standard InChI is InChI=1S/C11H10N2O2S/c1-8(14)15-10-4-2-3-9-7-12-13(5-6-16)11(9)10/h2-4,6-7H,5H2,1H3. The van der Waals surface area contributed by atoms with E-state index in [-0.39, 0.29) is 5.97 Å². The minimum atomic E-state index is -0.345. The lowest BCUT2D eigenvalue weighted by atomic mass is 10.2. The number of fused-ring (bicyclic) bond motifs is 1. The molecule has 4 nitrogen and oxygen atoms in total. The van der Waals surface area contributed by atoms with E-state index in [4.69, 9.17) is 17.0 Å². The molecule has 2 rings (SSSR count). The summed E-state index contributed by atoms with van der Waals surface area (Å²) in [5.41, 5.74) is 0.791. The van der Waals surface area contributed by atoms with E-state index in [1.807, 2.05) is 12.1 Å². The van der Waals surface area contributed by atoms with Gasteiger partial charge in [0, 0.05) is 17.7 Å². The van der Waals surface area contributed by atoms with E-state index in [0.29, 0.717) is 12.3 Å². The fraction of sp³-hybridized carbons (Fsp3) is 0.182. The molecule has 0 spiro atoms. The van der Waals surface area contributed by atoms with Gasteiger partial charge in [-0.15, -0.1) is 0 Å². The van der Waals surface area contributed by atoms with Crippen LogP contribution >= 0.6 is 12.2 Å². The summed E-state index contributed by atoms with van der Waals surface area (Å²) in [4.78, 5) is 11.0. The predicted molar refractivity (Wildman–Crippen MR) is 64.7 cm³/mol. The van der Waals surface area contributed by atoms with Crippen LogP contribution in [-0.2, 0) is 11.3 Å². The molecule has 2 aromatic rings. The summed E-state index contributed by atoms with van der Waals surface area (Å²) in [5, 5.41) is 6.69. The van der Waals surface area contributed by atoms with E-state index < -0.39 is 0 Å². The molecular weight excluding hydrogens is 224 g/mol. The fourth-order valence-electron chi connectivity index (χ4n) is 1.56. The highest BCUT2D eigenvalue weighted by Gasteiger charge is 2.09. The number of benzene rings is 1. The molecule has 5 heteroatoms. The van der Waals surface area contributed by atoms with Gasteiger partial charge >= 0.3 is 5.97 Å². The van der Waals surface area contributed by atoms with Crippen LogP contribution in [0.2, 0.25) is 0 Å². The lowest BCUT2D eigenvalue weighted by molar-refractivity contribution is -0.131. The normalized spacial score (nSPS) is 10.3. The molecule has 0 aliphatic heterocycles. The quantitative estimate of drug-likeness (QED) is 0.462. The molecule has 0 atom stereocenters. The van der Waals surface area contributed by atoms with Crippen molar-refractivity contribution in [3.05, 3.63) is 24.4 Å². The second-order valence-corrected chi connectivity index (χ2v) is 3.61. The van der Waals surface area contributed by atoms with Crippen LogP contribution in [0.4, 0.5) is 0 Å². The van der Waals surface area contributed by atoms with Gasteiger partial charge < -0.3 is 4.74 Å². The molecule has 0 bridgehead atoms. The summed E-state index contributed by atoms with van der Waals surface area (Å²) in [7, 11) is 0. The van der Waals surface area contributed by atoms with Crippen LogP contribution in [0.1, 0.15) is 6.92 Å². The molecule has 16 heavy (non-hydrogen) atoms. The summed E-state index contributed by atoms with van der Waals surface area (Å²) in [6.45, 7) is 1.88. The van der Waals surface area contributed by atoms with Crippen molar-refractivity contribution in [2.75, 3.05) is 0 Å². The summed E-state index contributed by atoms with van der Waals surface area (Å²) >= 11 is 4.80. The summed E-state index contributed by atoms with van der Waals surface area (Å²) < 4.78 is 6.83. The summed E-state index contributed by atoms with van der Waals surface area (Å²) in [6, 6.07) is 5.48. The molecule has 0 N–H and O–H groups in total. The smallest absolute Gasteiger partial charge is 0.308 e. The van der Waals surface area contributed by atoms with Crippen molar-refractivity contribution in [3.8, 4) is 5.75 Å². The van der Waals surface area contributed by atoms with E-state index in [0.717, 1.165) is 10.9 Å². The van der Waals surface area contributed by atoms with Gasteiger partial charge in [0.25, 0.3) is 0 Å². The molecule has 0 fully saturated rings. The van der Waals surface area contributed by atoms with Gasteiger partial charge in [-0.3, -0.25) is 9.48 Å². The summed E-state index contributed by atoms with van der Waals surface area (Å²) in [5.74, 6) is 0.168. The van der Waals surface area contributed by atoms with Crippen LogP contribution in [0.25, 0.3) is 10.9 Å². The average molecular weight is 234 g/mol. The van der Waals surface area contributed by atoms with Gasteiger partial charge in [-0.1, -0.05) is 24.4 Å². The van der Waals surface area contributed by atoms with Crippen molar-refractivity contribution in [1.29, 1.82) is 0 Å². The minimum Gasteiger partial charge on any atom is -0.424 e. The molecule has 0 saturated heterocycles. The number of thiocarbonyl (C=S) groups is 1. The number of carbonyl (C=O) groups excluding carboxylic acids is 1. The lowest BCUT2D eigenvalue weighted by Gasteiger charge is -2.05. The third-order valence-corrected chi connectivity index (χ3v) is 2.27. The predicted octanol–water partition coefficient (Wildman–Crippen LogP) is 1.96. The first kappa shape index (κ1) is 10.8. The van der Waals surface area contributed by atoms with E-state index in [1.165, 1.54) is 6.92 Å². The molecular formula is C11H10N2O2S. The van der Waals surface area contributed by atoms with Crippen LogP contribution < -0.4 is 4.74 Å². The van der Waals surface area contributed by atoms with Gasteiger partial charge in [-0.2, -0.15) is 5.10 Å². The molecule has 0 unspecified atom stereocenters. The van der Waals surface area contributed by atoms with Crippen LogP contribution in [-0.4, -0.2) is 21.1 Å². The van der Waals surface area contributed by atoms with Gasteiger partial charge in [0.05, 0.1) is 12.7 Å². The van der Waals surface area contributed by atoms with E-state index in [1.54, 1.807) is 22.3 Å². The Kier molecular flexibility index (Phi) is 2.96. The maximum absolute atomic E-state index is 11.0. The van der Waals surface area contributed by atoms with Crippen LogP contribution in [0, 0.1) is 0 Å². The molecule has 0 saturated carbocycles. The number of para-hydroxylation sites is 1. The van der Waals surface area contributed by atoms with Crippen molar-refractivity contribution in [1.82, 2.24) is 9.78 Å². The van der Waals surface area contributed by atoms with Gasteiger partial charge in [0.1, 0.15) is 5.52 Å². The third-order valence-electron chi connectivity index (χ3n) is 2.13. The lowest BCUT2D eigenvalue weighted by Crippen LogP contribution is -2.05. The Bertz CT molecular complexity index is 548. The Hall–Kier alpha value is -1.75. The van der Waals surface area contributed by atoms with Crippen molar-refractivity contribution in [2.24, 2.45) is 0 Å². The van der Waals surface area contributed by atoms with E-state index in [2.05, 4.69) is 5.10 Å². The zero-order chi connectivity index (χ0) is 11.5. The van der Waals surface area contributed by atoms with Gasteiger partial charge in [0.2, 0.25) is 0 Å². The number of rotatable bonds is 3. The molecule has 0 aliphatic carbocycles. The molecule has 82 valence electrons. The maximum atomic E-state index is 11.0. The second-order valence-electron chi connectivity index (χ2n) is 3.28. The summed E-state index contributed by atoms with van der Waals surface area (Å²) in [6.07, 6.45) is 1.72. The molecule has 1 heterocycles. The number of aromatic nitrogens is 2. The van der Waals surface area contributed by atoms with E-state index in [9.17, 15) is 4.79 Å². The first-order valence-electron chi connectivity index (χ1n) is 4.79. The minimum absolute atomic E-state index is 0.345. The van der Waals surface area contributed by atoms with Crippen molar-refractivity contribution in [3.63, 3.8) is 0 Å². The monoisotopic (exact) mass is 234 g/mol. The number of nitrogens with zero attached hydrogens (tertiary/aromatic N) is 2. The zero-order valence-electron chi connectivity index (χ0n) is 8.71. The Labute approximate surface area is 97.8 Å². The SMILES string of the molecule is CC(=O)Oc1cccc2cnn(CC=S)c12. The molecule has 1 aromatic heterocycles. The third kappa shape index (κ3) is 1.94. The number of ether oxygens (including phenoxy) is 1. The highest BCUT2D eigenvalue weighted by molar-refractivity contribution is 7.78. The fourth-order valence-corrected chi connectivity index (χ4v) is 1.70. The number of carbonyl (C=O) groups is 1. The molecule has 0 aliphatic rings. The Morgan fingerprint density at radius 3 is 3.12 bits per heavy atom. The van der Waals surface area contributed by atoms with Crippen LogP contribution in [0.3, 0.4) is 0 Å². The topological polar surface area (TPSA) is 44.1 Å². The average Bonchev–Trinajstić information content (AvgIpc) is 2.62. The van der Waals surface area contributed by atoms with Crippen molar-refractivity contribution < 1.29 is 9.53 Å². The molecule has 1 aromatic carbocycles.